The monoisotopic (exact) mass is 259 g/mol. The summed E-state index contributed by atoms with van der Waals surface area (Å²) in [5.41, 5.74) is -0.250. The van der Waals surface area contributed by atoms with Crippen LogP contribution in [0.1, 0.15) is 0 Å². The molecule has 0 heterocycles. The number of nitro groups is 2. The summed E-state index contributed by atoms with van der Waals surface area (Å²) in [6, 6.07) is 12.3. The molecular formula is C12H9N3O4. The molecule has 0 radical (unpaired) electrons. The van der Waals surface area contributed by atoms with Crippen LogP contribution in [0, 0.1) is 20.2 Å². The Morgan fingerprint density at radius 3 is 1.79 bits per heavy atom. The van der Waals surface area contributed by atoms with E-state index in [2.05, 4.69) is 5.32 Å². The number of rotatable bonds is 4. The second-order valence-electron chi connectivity index (χ2n) is 3.68. The fourth-order valence-electron chi connectivity index (χ4n) is 1.63. The van der Waals surface area contributed by atoms with Crippen LogP contribution in [0.3, 0.4) is 0 Å². The zero-order valence-corrected chi connectivity index (χ0v) is 9.65. The van der Waals surface area contributed by atoms with Crippen LogP contribution in [0.2, 0.25) is 0 Å². The zero-order chi connectivity index (χ0) is 13.8. The SMILES string of the molecule is O=[N+]([O-])c1cccc([N+](=O)[O-])c1Nc1ccccc1. The van der Waals surface area contributed by atoms with Crippen molar-refractivity contribution in [3.8, 4) is 0 Å². The van der Waals surface area contributed by atoms with Crippen molar-refractivity contribution in [3.63, 3.8) is 0 Å². The second-order valence-corrected chi connectivity index (χ2v) is 3.68. The highest BCUT2D eigenvalue weighted by Crippen LogP contribution is 2.35. The molecule has 0 unspecified atom stereocenters. The highest BCUT2D eigenvalue weighted by Gasteiger charge is 2.24. The molecular weight excluding hydrogens is 250 g/mol. The Balaban J connectivity index is 2.52. The van der Waals surface area contributed by atoms with E-state index in [4.69, 9.17) is 0 Å². The van der Waals surface area contributed by atoms with Crippen molar-refractivity contribution in [3.05, 3.63) is 68.8 Å². The van der Waals surface area contributed by atoms with Gasteiger partial charge in [0.25, 0.3) is 11.4 Å². The number of benzene rings is 2. The van der Waals surface area contributed by atoms with Gasteiger partial charge >= 0.3 is 0 Å². The number of hydrogen-bond acceptors (Lipinski definition) is 5. The van der Waals surface area contributed by atoms with E-state index in [9.17, 15) is 20.2 Å². The zero-order valence-electron chi connectivity index (χ0n) is 9.65. The molecule has 0 amide bonds. The van der Waals surface area contributed by atoms with Crippen LogP contribution < -0.4 is 5.32 Å². The fourth-order valence-corrected chi connectivity index (χ4v) is 1.63. The van der Waals surface area contributed by atoms with Gasteiger partial charge in [0.1, 0.15) is 0 Å². The first kappa shape index (κ1) is 12.5. The Bertz CT molecular complexity index is 596. The molecule has 0 spiro atoms. The van der Waals surface area contributed by atoms with Crippen LogP contribution in [-0.2, 0) is 0 Å². The van der Waals surface area contributed by atoms with Crippen LogP contribution in [0.5, 0.6) is 0 Å². The van der Waals surface area contributed by atoms with Gasteiger partial charge in [-0.25, -0.2) is 0 Å². The number of nitrogens with zero attached hydrogens (tertiary/aromatic N) is 2. The molecule has 2 aromatic rings. The summed E-state index contributed by atoms with van der Waals surface area (Å²) in [6.45, 7) is 0. The van der Waals surface area contributed by atoms with Crippen molar-refractivity contribution in [1.82, 2.24) is 0 Å². The van der Waals surface area contributed by atoms with Crippen molar-refractivity contribution in [1.29, 1.82) is 0 Å². The molecule has 0 saturated heterocycles. The van der Waals surface area contributed by atoms with Gasteiger partial charge in [0.05, 0.1) is 9.85 Å². The number of hydrogen-bond donors (Lipinski definition) is 1. The van der Waals surface area contributed by atoms with Crippen molar-refractivity contribution in [2.24, 2.45) is 0 Å². The average Bonchev–Trinajstić information content (AvgIpc) is 2.39. The summed E-state index contributed by atoms with van der Waals surface area (Å²) in [7, 11) is 0. The lowest BCUT2D eigenvalue weighted by molar-refractivity contribution is -0.392. The number of nitro benzene ring substituents is 2. The maximum atomic E-state index is 10.9. The summed E-state index contributed by atoms with van der Waals surface area (Å²) in [4.78, 5) is 20.6. The molecule has 1 N–H and O–H groups in total. The smallest absolute Gasteiger partial charge is 0.299 e. The van der Waals surface area contributed by atoms with Gasteiger partial charge in [0, 0.05) is 17.8 Å². The minimum Gasteiger partial charge on any atom is -0.344 e. The number of anilines is 2. The second kappa shape index (κ2) is 5.13. The first-order chi connectivity index (χ1) is 9.09. The van der Waals surface area contributed by atoms with Crippen LogP contribution >= 0.6 is 0 Å². The molecule has 19 heavy (non-hydrogen) atoms. The maximum absolute atomic E-state index is 10.9. The molecule has 0 aromatic heterocycles. The van der Waals surface area contributed by atoms with Gasteiger partial charge in [-0.15, -0.1) is 0 Å². The van der Waals surface area contributed by atoms with Crippen molar-refractivity contribution < 1.29 is 9.85 Å². The first-order valence-corrected chi connectivity index (χ1v) is 5.33. The van der Waals surface area contributed by atoms with E-state index in [1.54, 1.807) is 30.3 Å². The normalized spacial score (nSPS) is 9.89. The topological polar surface area (TPSA) is 98.3 Å². The van der Waals surface area contributed by atoms with E-state index in [0.29, 0.717) is 5.69 Å². The fraction of sp³-hybridized carbons (Fsp3) is 0. The van der Waals surface area contributed by atoms with E-state index in [1.807, 2.05) is 0 Å². The highest BCUT2D eigenvalue weighted by molar-refractivity contribution is 5.78. The highest BCUT2D eigenvalue weighted by atomic mass is 16.6. The summed E-state index contributed by atoms with van der Waals surface area (Å²) in [6.07, 6.45) is 0. The minimum absolute atomic E-state index is 0.122. The molecule has 7 nitrogen and oxygen atoms in total. The summed E-state index contributed by atoms with van der Waals surface area (Å²) >= 11 is 0. The molecule has 0 saturated carbocycles. The van der Waals surface area contributed by atoms with Gasteiger partial charge < -0.3 is 5.32 Å². The minimum atomic E-state index is -0.654. The average molecular weight is 259 g/mol. The van der Waals surface area contributed by atoms with Crippen molar-refractivity contribution >= 4 is 22.7 Å². The lowest BCUT2D eigenvalue weighted by Gasteiger charge is -2.07. The van der Waals surface area contributed by atoms with Crippen LogP contribution in [0.25, 0.3) is 0 Å². The quantitative estimate of drug-likeness (QED) is 0.671. The molecule has 0 atom stereocenters. The van der Waals surface area contributed by atoms with Crippen molar-refractivity contribution in [2.75, 3.05) is 5.32 Å². The van der Waals surface area contributed by atoms with Gasteiger partial charge in [-0.2, -0.15) is 0 Å². The number of para-hydroxylation sites is 2. The lowest BCUT2D eigenvalue weighted by Crippen LogP contribution is -2.01. The van der Waals surface area contributed by atoms with Crippen LogP contribution in [0.15, 0.2) is 48.5 Å². The molecule has 0 aliphatic rings. The predicted molar refractivity (Wildman–Crippen MR) is 69.5 cm³/mol. The Kier molecular flexibility index (Phi) is 3.37. The molecule has 96 valence electrons. The van der Waals surface area contributed by atoms with Crippen LogP contribution in [-0.4, -0.2) is 9.85 Å². The summed E-state index contributed by atoms with van der Waals surface area (Å²) in [5, 5.41) is 24.6. The molecule has 7 heteroatoms. The van der Waals surface area contributed by atoms with Crippen molar-refractivity contribution in [2.45, 2.75) is 0 Å². The lowest BCUT2D eigenvalue weighted by atomic mass is 10.2. The molecule has 0 fully saturated rings. The predicted octanol–water partition coefficient (Wildman–Crippen LogP) is 3.25. The summed E-state index contributed by atoms with van der Waals surface area (Å²) in [5.74, 6) is 0. The van der Waals surface area contributed by atoms with Gasteiger partial charge in [-0.3, -0.25) is 20.2 Å². The number of nitrogens with one attached hydrogen (secondary N) is 1. The van der Waals surface area contributed by atoms with Gasteiger partial charge in [0.15, 0.2) is 5.69 Å². The van der Waals surface area contributed by atoms with E-state index < -0.39 is 9.85 Å². The molecule has 2 rings (SSSR count). The van der Waals surface area contributed by atoms with Crippen LogP contribution in [0.4, 0.5) is 22.7 Å². The Morgan fingerprint density at radius 2 is 1.32 bits per heavy atom. The third kappa shape index (κ3) is 2.65. The third-order valence-corrected chi connectivity index (χ3v) is 2.46. The van der Waals surface area contributed by atoms with E-state index in [1.165, 1.54) is 18.2 Å². The molecule has 0 aliphatic carbocycles. The molecule has 2 aromatic carbocycles. The third-order valence-electron chi connectivity index (χ3n) is 2.46. The van der Waals surface area contributed by atoms with E-state index in [-0.39, 0.29) is 17.1 Å². The Morgan fingerprint density at radius 1 is 0.789 bits per heavy atom. The molecule has 0 aliphatic heterocycles. The van der Waals surface area contributed by atoms with E-state index >= 15 is 0 Å². The van der Waals surface area contributed by atoms with Gasteiger partial charge in [-0.1, -0.05) is 18.2 Å². The standard InChI is InChI=1S/C12H9N3O4/c16-14(17)10-7-4-8-11(15(18)19)12(10)13-9-5-2-1-3-6-9/h1-8,13H. The molecule has 0 bridgehead atoms. The van der Waals surface area contributed by atoms with Gasteiger partial charge in [-0.05, 0) is 18.2 Å². The first-order valence-electron chi connectivity index (χ1n) is 5.33. The largest absolute Gasteiger partial charge is 0.344 e. The Hall–Kier alpha value is -2.96. The summed E-state index contributed by atoms with van der Waals surface area (Å²) < 4.78 is 0. The maximum Gasteiger partial charge on any atom is 0.299 e. The van der Waals surface area contributed by atoms with Gasteiger partial charge in [0.2, 0.25) is 0 Å². The Labute approximate surface area is 107 Å². The van der Waals surface area contributed by atoms with E-state index in [0.717, 1.165) is 0 Å².